The van der Waals surface area contributed by atoms with Crippen LogP contribution in [-0.2, 0) is 4.79 Å². The highest BCUT2D eigenvalue weighted by atomic mass is 16.5. The van der Waals surface area contributed by atoms with Gasteiger partial charge in [-0.15, -0.1) is 10.2 Å². The van der Waals surface area contributed by atoms with E-state index in [0.29, 0.717) is 17.3 Å². The largest absolute Gasteiger partial charge is 0.463 e. The molecule has 1 amide bonds. The second kappa shape index (κ2) is 6.76. The van der Waals surface area contributed by atoms with Gasteiger partial charge in [0.1, 0.15) is 12.0 Å². The Morgan fingerprint density at radius 3 is 2.64 bits per heavy atom. The van der Waals surface area contributed by atoms with Crippen LogP contribution in [0.25, 0.3) is 11.5 Å². The van der Waals surface area contributed by atoms with Crippen LogP contribution in [0.5, 0.6) is 0 Å². The molecule has 128 valence electrons. The molecule has 4 rings (SSSR count). The van der Waals surface area contributed by atoms with Crippen molar-refractivity contribution >= 4 is 17.5 Å². The zero-order chi connectivity index (χ0) is 17.1. The monoisotopic (exact) mass is 339 g/mol. The van der Waals surface area contributed by atoms with E-state index in [2.05, 4.69) is 25.6 Å². The number of carbonyl (C=O) groups excluding carboxylic acids is 1. The van der Waals surface area contributed by atoms with Crippen molar-refractivity contribution < 1.29 is 13.7 Å². The molecule has 0 bridgehead atoms. The molecular formula is C17H17N5O3. The molecule has 0 spiro atoms. The molecule has 1 aliphatic heterocycles. The molecule has 0 aliphatic carbocycles. The number of amides is 1. The van der Waals surface area contributed by atoms with Crippen molar-refractivity contribution in [2.75, 3.05) is 23.3 Å². The average molecular weight is 339 g/mol. The van der Waals surface area contributed by atoms with Crippen LogP contribution in [0.15, 0.2) is 51.8 Å². The summed E-state index contributed by atoms with van der Waals surface area (Å²) in [5, 5.41) is 15.0. The summed E-state index contributed by atoms with van der Waals surface area (Å²) in [7, 11) is 0. The topological polar surface area (TPSA) is 97.3 Å². The maximum absolute atomic E-state index is 12.2. The predicted molar refractivity (Wildman–Crippen MR) is 89.8 cm³/mol. The SMILES string of the molecule is O=C(Nc1ccon1)C1CCN(c2ccc(-c3ccco3)nn2)CC1. The van der Waals surface area contributed by atoms with Crippen LogP contribution in [0, 0.1) is 5.92 Å². The van der Waals surface area contributed by atoms with Gasteiger partial charge in [0.05, 0.1) is 6.26 Å². The maximum Gasteiger partial charge on any atom is 0.228 e. The molecule has 0 radical (unpaired) electrons. The number of hydrogen-bond donors (Lipinski definition) is 1. The summed E-state index contributed by atoms with van der Waals surface area (Å²) in [5.74, 6) is 1.90. The summed E-state index contributed by atoms with van der Waals surface area (Å²) in [6.07, 6.45) is 4.56. The first kappa shape index (κ1) is 15.4. The number of hydrogen-bond acceptors (Lipinski definition) is 7. The first-order valence-electron chi connectivity index (χ1n) is 8.13. The van der Waals surface area contributed by atoms with E-state index in [-0.39, 0.29) is 11.8 Å². The van der Waals surface area contributed by atoms with Gasteiger partial charge < -0.3 is 19.2 Å². The van der Waals surface area contributed by atoms with Crippen LogP contribution in [-0.4, -0.2) is 34.4 Å². The molecule has 1 fully saturated rings. The van der Waals surface area contributed by atoms with Gasteiger partial charge in [-0.1, -0.05) is 5.16 Å². The van der Waals surface area contributed by atoms with Crippen molar-refractivity contribution in [2.45, 2.75) is 12.8 Å². The highest BCUT2D eigenvalue weighted by Crippen LogP contribution is 2.24. The number of nitrogens with zero attached hydrogens (tertiary/aromatic N) is 4. The van der Waals surface area contributed by atoms with Crippen molar-refractivity contribution in [2.24, 2.45) is 5.92 Å². The summed E-state index contributed by atoms with van der Waals surface area (Å²) in [4.78, 5) is 14.4. The number of piperidine rings is 1. The summed E-state index contributed by atoms with van der Waals surface area (Å²) in [5.41, 5.74) is 0.704. The number of nitrogens with one attached hydrogen (secondary N) is 1. The third-order valence-corrected chi connectivity index (χ3v) is 4.30. The molecular weight excluding hydrogens is 322 g/mol. The minimum atomic E-state index is -0.0386. The molecule has 8 heteroatoms. The fourth-order valence-electron chi connectivity index (χ4n) is 2.93. The quantitative estimate of drug-likeness (QED) is 0.780. The maximum atomic E-state index is 12.2. The molecule has 1 N–H and O–H groups in total. The Hall–Kier alpha value is -3.16. The lowest BCUT2D eigenvalue weighted by Crippen LogP contribution is -2.38. The summed E-state index contributed by atoms with van der Waals surface area (Å²) < 4.78 is 10.0. The van der Waals surface area contributed by atoms with E-state index < -0.39 is 0 Å². The fourth-order valence-corrected chi connectivity index (χ4v) is 2.93. The van der Waals surface area contributed by atoms with E-state index in [1.165, 1.54) is 6.26 Å². The molecule has 1 aliphatic rings. The number of rotatable bonds is 4. The van der Waals surface area contributed by atoms with Crippen LogP contribution in [0.2, 0.25) is 0 Å². The van der Waals surface area contributed by atoms with Gasteiger partial charge in [0, 0.05) is 25.1 Å². The van der Waals surface area contributed by atoms with Gasteiger partial charge in [0.2, 0.25) is 5.91 Å². The lowest BCUT2D eigenvalue weighted by molar-refractivity contribution is -0.120. The molecule has 0 aromatic carbocycles. The minimum absolute atomic E-state index is 0.0206. The van der Waals surface area contributed by atoms with E-state index in [1.54, 1.807) is 12.3 Å². The van der Waals surface area contributed by atoms with Gasteiger partial charge in [0.15, 0.2) is 17.4 Å². The smallest absolute Gasteiger partial charge is 0.228 e. The van der Waals surface area contributed by atoms with E-state index >= 15 is 0 Å². The molecule has 1 saturated heterocycles. The Kier molecular flexibility index (Phi) is 4.16. The highest BCUT2D eigenvalue weighted by Gasteiger charge is 2.26. The fraction of sp³-hybridized carbons (Fsp3) is 0.294. The predicted octanol–water partition coefficient (Wildman–Crippen LogP) is 2.58. The van der Waals surface area contributed by atoms with E-state index in [1.807, 2.05) is 24.3 Å². The van der Waals surface area contributed by atoms with Gasteiger partial charge in [-0.05, 0) is 37.1 Å². The molecule has 3 aromatic heterocycles. The van der Waals surface area contributed by atoms with Crippen LogP contribution in [0.1, 0.15) is 12.8 Å². The van der Waals surface area contributed by atoms with Crippen LogP contribution < -0.4 is 10.2 Å². The van der Waals surface area contributed by atoms with Gasteiger partial charge in [-0.25, -0.2) is 0 Å². The normalized spacial score (nSPS) is 15.3. The lowest BCUT2D eigenvalue weighted by atomic mass is 9.96. The summed E-state index contributed by atoms with van der Waals surface area (Å²) >= 11 is 0. The van der Waals surface area contributed by atoms with Crippen molar-refractivity contribution in [1.29, 1.82) is 0 Å². The number of aromatic nitrogens is 3. The van der Waals surface area contributed by atoms with Crippen molar-refractivity contribution in [3.8, 4) is 11.5 Å². The average Bonchev–Trinajstić information content (AvgIpc) is 3.36. The lowest BCUT2D eigenvalue weighted by Gasteiger charge is -2.31. The molecule has 0 saturated carbocycles. The summed E-state index contributed by atoms with van der Waals surface area (Å²) in [6, 6.07) is 9.12. The Morgan fingerprint density at radius 1 is 1.12 bits per heavy atom. The third-order valence-electron chi connectivity index (χ3n) is 4.30. The number of carbonyl (C=O) groups is 1. The van der Waals surface area contributed by atoms with Crippen molar-refractivity contribution in [3.63, 3.8) is 0 Å². The molecule has 0 atom stereocenters. The first-order valence-corrected chi connectivity index (χ1v) is 8.13. The third kappa shape index (κ3) is 3.37. The van der Waals surface area contributed by atoms with Crippen molar-refractivity contribution in [1.82, 2.24) is 15.4 Å². The van der Waals surface area contributed by atoms with Gasteiger partial charge in [0.25, 0.3) is 0 Å². The molecule has 8 nitrogen and oxygen atoms in total. The van der Waals surface area contributed by atoms with Crippen molar-refractivity contribution in [3.05, 3.63) is 42.9 Å². The molecule has 4 heterocycles. The number of furan rings is 1. The van der Waals surface area contributed by atoms with Crippen LogP contribution >= 0.6 is 0 Å². The van der Waals surface area contributed by atoms with E-state index in [0.717, 1.165) is 31.7 Å². The van der Waals surface area contributed by atoms with Crippen LogP contribution in [0.4, 0.5) is 11.6 Å². The Bertz CT molecular complexity index is 807. The second-order valence-corrected chi connectivity index (χ2v) is 5.89. The van der Waals surface area contributed by atoms with Gasteiger partial charge in [-0.2, -0.15) is 0 Å². The Balaban J connectivity index is 1.34. The zero-order valence-corrected chi connectivity index (χ0v) is 13.5. The first-order chi connectivity index (χ1) is 12.3. The van der Waals surface area contributed by atoms with E-state index in [4.69, 9.17) is 8.94 Å². The minimum Gasteiger partial charge on any atom is -0.463 e. The standard InChI is InChI=1S/C17H17N5O3/c23-17(18-15-7-11-25-21-15)12-5-8-22(9-6-12)16-4-3-13(19-20-16)14-2-1-10-24-14/h1-4,7,10-12H,5-6,8-9H2,(H,18,21,23). The second-order valence-electron chi connectivity index (χ2n) is 5.89. The zero-order valence-electron chi connectivity index (χ0n) is 13.5. The van der Waals surface area contributed by atoms with Crippen LogP contribution in [0.3, 0.4) is 0 Å². The molecule has 3 aromatic rings. The van der Waals surface area contributed by atoms with E-state index in [9.17, 15) is 4.79 Å². The highest BCUT2D eigenvalue weighted by molar-refractivity contribution is 5.91. The number of anilines is 2. The Labute approximate surface area is 143 Å². The molecule has 25 heavy (non-hydrogen) atoms. The van der Waals surface area contributed by atoms with Gasteiger partial charge in [-0.3, -0.25) is 4.79 Å². The van der Waals surface area contributed by atoms with Gasteiger partial charge >= 0.3 is 0 Å². The Morgan fingerprint density at radius 2 is 2.00 bits per heavy atom. The molecule has 0 unspecified atom stereocenters. The summed E-state index contributed by atoms with van der Waals surface area (Å²) in [6.45, 7) is 1.51.